The van der Waals surface area contributed by atoms with Crippen molar-refractivity contribution >= 4 is 0 Å². The Kier molecular flexibility index (Phi) is 4.50. The van der Waals surface area contributed by atoms with Gasteiger partial charge in [0.15, 0.2) is 0 Å². The SMILES string of the molecule is Cc1cc(C)c(C)c(C)c1.[HH].[Y]. The van der Waals surface area contributed by atoms with Gasteiger partial charge in [-0.3, -0.25) is 0 Å². The van der Waals surface area contributed by atoms with Crippen LogP contribution < -0.4 is 0 Å². The van der Waals surface area contributed by atoms with Crippen LogP contribution >= 0.6 is 0 Å². The average Bonchev–Trinajstić information content (AvgIpc) is 1.82. The van der Waals surface area contributed by atoms with E-state index in [1.807, 2.05) is 0 Å². The Morgan fingerprint density at radius 3 is 1.64 bits per heavy atom. The fourth-order valence-electron chi connectivity index (χ4n) is 1.25. The number of benzene rings is 1. The van der Waals surface area contributed by atoms with E-state index < -0.39 is 0 Å². The van der Waals surface area contributed by atoms with Crippen molar-refractivity contribution < 1.29 is 34.1 Å². The van der Waals surface area contributed by atoms with Crippen molar-refractivity contribution in [1.82, 2.24) is 0 Å². The molecule has 0 saturated carbocycles. The van der Waals surface area contributed by atoms with E-state index in [9.17, 15) is 0 Å². The van der Waals surface area contributed by atoms with Crippen LogP contribution in [-0.4, -0.2) is 0 Å². The van der Waals surface area contributed by atoms with Gasteiger partial charge in [0.1, 0.15) is 0 Å². The summed E-state index contributed by atoms with van der Waals surface area (Å²) in [6, 6.07) is 4.45. The van der Waals surface area contributed by atoms with Crippen molar-refractivity contribution in [3.05, 3.63) is 34.4 Å². The van der Waals surface area contributed by atoms with E-state index in [-0.39, 0.29) is 34.1 Å². The molecule has 0 nitrogen and oxygen atoms in total. The summed E-state index contributed by atoms with van der Waals surface area (Å²) in [5, 5.41) is 0. The summed E-state index contributed by atoms with van der Waals surface area (Å²) < 4.78 is 0. The second-order valence-electron chi connectivity index (χ2n) is 3.02. The van der Waals surface area contributed by atoms with Gasteiger partial charge >= 0.3 is 0 Å². The number of rotatable bonds is 0. The minimum absolute atomic E-state index is 0. The van der Waals surface area contributed by atoms with Crippen LogP contribution in [0.3, 0.4) is 0 Å². The Labute approximate surface area is 95.8 Å². The predicted octanol–water partition coefficient (Wildman–Crippen LogP) is 3.16. The molecule has 0 N–H and O–H groups in total. The fraction of sp³-hybridized carbons (Fsp3) is 0.400. The van der Waals surface area contributed by atoms with Crippen LogP contribution in [0, 0.1) is 27.7 Å². The quantitative estimate of drug-likeness (QED) is 0.636. The monoisotopic (exact) mass is 225 g/mol. The summed E-state index contributed by atoms with van der Waals surface area (Å²) in [6.45, 7) is 8.63. The first kappa shape index (κ1) is 11.3. The van der Waals surface area contributed by atoms with Gasteiger partial charge in [-0.15, -0.1) is 0 Å². The Balaban J connectivity index is 0. The molecule has 1 rings (SSSR count). The van der Waals surface area contributed by atoms with E-state index in [0.717, 1.165) is 0 Å². The third-order valence-electron chi connectivity index (χ3n) is 2.07. The maximum Gasteiger partial charge on any atom is 0 e. The van der Waals surface area contributed by atoms with E-state index in [2.05, 4.69) is 39.8 Å². The summed E-state index contributed by atoms with van der Waals surface area (Å²) >= 11 is 0. The van der Waals surface area contributed by atoms with E-state index in [1.165, 1.54) is 22.3 Å². The molecule has 0 heterocycles. The van der Waals surface area contributed by atoms with Gasteiger partial charge in [0.2, 0.25) is 0 Å². The van der Waals surface area contributed by atoms with E-state index in [4.69, 9.17) is 0 Å². The second-order valence-corrected chi connectivity index (χ2v) is 3.02. The summed E-state index contributed by atoms with van der Waals surface area (Å²) in [4.78, 5) is 0. The van der Waals surface area contributed by atoms with Crippen LogP contribution in [0.2, 0.25) is 0 Å². The molecule has 1 aromatic rings. The average molecular weight is 225 g/mol. The molecule has 59 valence electrons. The Bertz CT molecular complexity index is 233. The molecule has 0 aliphatic rings. The van der Waals surface area contributed by atoms with Crippen molar-refractivity contribution in [2.24, 2.45) is 0 Å². The summed E-state index contributed by atoms with van der Waals surface area (Å²) in [6.07, 6.45) is 0. The molecule has 11 heavy (non-hydrogen) atoms. The molecular formula is C10H16Y. The molecule has 1 radical (unpaired) electrons. The van der Waals surface area contributed by atoms with E-state index >= 15 is 0 Å². The van der Waals surface area contributed by atoms with Gasteiger partial charge in [0.05, 0.1) is 0 Å². The zero-order valence-corrected chi connectivity index (χ0v) is 10.6. The van der Waals surface area contributed by atoms with Crippen LogP contribution in [0.15, 0.2) is 12.1 Å². The summed E-state index contributed by atoms with van der Waals surface area (Å²) in [7, 11) is 0. The maximum absolute atomic E-state index is 2.22. The summed E-state index contributed by atoms with van der Waals surface area (Å²) in [5.41, 5.74) is 5.58. The van der Waals surface area contributed by atoms with Crippen molar-refractivity contribution in [2.75, 3.05) is 0 Å². The zero-order valence-electron chi connectivity index (χ0n) is 7.73. The smallest absolute Gasteiger partial charge is 0 e. The molecule has 1 aromatic carbocycles. The Morgan fingerprint density at radius 1 is 0.909 bits per heavy atom. The van der Waals surface area contributed by atoms with Crippen LogP contribution in [0.4, 0.5) is 0 Å². The summed E-state index contributed by atoms with van der Waals surface area (Å²) in [5.74, 6) is 0. The van der Waals surface area contributed by atoms with Gasteiger partial charge < -0.3 is 0 Å². The molecule has 0 unspecified atom stereocenters. The number of hydrogen-bond acceptors (Lipinski definition) is 0. The van der Waals surface area contributed by atoms with Gasteiger partial charge in [-0.25, -0.2) is 0 Å². The molecule has 0 atom stereocenters. The van der Waals surface area contributed by atoms with E-state index in [0.29, 0.717) is 0 Å². The van der Waals surface area contributed by atoms with Crippen LogP contribution in [0.25, 0.3) is 0 Å². The topological polar surface area (TPSA) is 0 Å². The Hall–Kier alpha value is 0.324. The first-order valence-corrected chi connectivity index (χ1v) is 3.65. The molecule has 0 aliphatic carbocycles. The molecular weight excluding hydrogens is 209 g/mol. The maximum atomic E-state index is 2.22. The van der Waals surface area contributed by atoms with Crippen molar-refractivity contribution in [3.63, 3.8) is 0 Å². The molecule has 0 fully saturated rings. The predicted molar refractivity (Wildman–Crippen MR) is 47.5 cm³/mol. The number of hydrogen-bond donors (Lipinski definition) is 0. The molecule has 0 spiro atoms. The van der Waals surface area contributed by atoms with Crippen molar-refractivity contribution in [1.29, 1.82) is 0 Å². The van der Waals surface area contributed by atoms with Gasteiger partial charge in [0, 0.05) is 34.1 Å². The second kappa shape index (κ2) is 4.37. The Morgan fingerprint density at radius 2 is 1.27 bits per heavy atom. The molecule has 1 heteroatoms. The first-order chi connectivity index (χ1) is 4.61. The number of aryl methyl sites for hydroxylation is 3. The minimum atomic E-state index is 0. The molecule has 0 aromatic heterocycles. The van der Waals surface area contributed by atoms with Gasteiger partial charge in [-0.05, 0) is 44.4 Å². The first-order valence-electron chi connectivity index (χ1n) is 3.65. The standard InChI is InChI=1S/C10H14.Y.H2/c1-7-5-8(2)10(4)9(3)6-7;;/h5-6H,1-4H3;;1H. The van der Waals surface area contributed by atoms with Crippen LogP contribution in [-0.2, 0) is 32.7 Å². The molecule has 0 saturated heterocycles. The van der Waals surface area contributed by atoms with Gasteiger partial charge in [0.25, 0.3) is 0 Å². The molecule has 0 amide bonds. The van der Waals surface area contributed by atoms with Gasteiger partial charge in [-0.2, -0.15) is 0 Å². The normalized spacial score (nSPS) is 9.09. The van der Waals surface area contributed by atoms with Crippen molar-refractivity contribution in [2.45, 2.75) is 27.7 Å². The third-order valence-corrected chi connectivity index (χ3v) is 2.07. The largest absolute Gasteiger partial charge is 0.0561 e. The van der Waals surface area contributed by atoms with Crippen LogP contribution in [0.5, 0.6) is 0 Å². The van der Waals surface area contributed by atoms with E-state index in [1.54, 1.807) is 0 Å². The zero-order chi connectivity index (χ0) is 7.72. The minimum Gasteiger partial charge on any atom is -0.0561 e. The van der Waals surface area contributed by atoms with Crippen LogP contribution in [0.1, 0.15) is 23.7 Å². The molecule has 0 aliphatic heterocycles. The van der Waals surface area contributed by atoms with Gasteiger partial charge in [-0.1, -0.05) is 17.7 Å². The third kappa shape index (κ3) is 2.68. The fourth-order valence-corrected chi connectivity index (χ4v) is 1.25. The van der Waals surface area contributed by atoms with Crippen molar-refractivity contribution in [3.8, 4) is 0 Å². The molecule has 0 bridgehead atoms.